The van der Waals surface area contributed by atoms with Gasteiger partial charge >= 0.3 is 17.9 Å². The summed E-state index contributed by atoms with van der Waals surface area (Å²) < 4.78 is 16.6. The monoisotopic (exact) mass is 881 g/mol. The predicted octanol–water partition coefficient (Wildman–Crippen LogP) is 17.5. The van der Waals surface area contributed by atoms with Crippen LogP contribution >= 0.6 is 0 Å². The van der Waals surface area contributed by atoms with Crippen LogP contribution in [0.5, 0.6) is 0 Å². The standard InChI is InChI=1S/C57H100O6/c1-4-7-10-13-16-19-22-25-28-31-34-37-40-43-46-49-61-55(58)52-54(57(60)63-51-48-45-42-39-36-33-30-27-24-21-18-15-12-9-6-3)53-56(59)62-50-47-44-41-38-35-32-29-26-23-20-17-14-11-8-5-2/h16,18-19,21,25-30,54H,4-15,17,20,22-24,31-53H2,1-3H3. The lowest BCUT2D eigenvalue weighted by Gasteiger charge is -2.15. The molecule has 0 saturated carbocycles. The van der Waals surface area contributed by atoms with Crippen LogP contribution in [-0.4, -0.2) is 37.7 Å². The van der Waals surface area contributed by atoms with Crippen molar-refractivity contribution in [2.75, 3.05) is 19.8 Å². The smallest absolute Gasteiger partial charge is 0.310 e. The highest BCUT2D eigenvalue weighted by Gasteiger charge is 2.28. The molecule has 0 amide bonds. The fourth-order valence-corrected chi connectivity index (χ4v) is 7.42. The number of ether oxygens (including phenoxy) is 3. The summed E-state index contributed by atoms with van der Waals surface area (Å²) in [6.45, 7) is 7.70. The maximum absolute atomic E-state index is 13.1. The summed E-state index contributed by atoms with van der Waals surface area (Å²) in [4.78, 5) is 38.8. The van der Waals surface area contributed by atoms with Gasteiger partial charge in [0.2, 0.25) is 0 Å². The molecule has 0 aliphatic rings. The first-order valence-electron chi connectivity index (χ1n) is 26.8. The zero-order chi connectivity index (χ0) is 45.8. The minimum Gasteiger partial charge on any atom is -0.466 e. The Hall–Kier alpha value is -2.89. The molecule has 0 aromatic rings. The Morgan fingerprint density at radius 1 is 0.317 bits per heavy atom. The molecule has 0 radical (unpaired) electrons. The Bertz CT molecular complexity index is 1150. The molecule has 6 heteroatoms. The third-order valence-corrected chi connectivity index (χ3v) is 11.5. The van der Waals surface area contributed by atoms with Gasteiger partial charge in [-0.3, -0.25) is 14.4 Å². The minimum atomic E-state index is -0.887. The molecule has 0 saturated heterocycles. The molecule has 0 rings (SSSR count). The maximum Gasteiger partial charge on any atom is 0.310 e. The number of esters is 3. The van der Waals surface area contributed by atoms with E-state index in [0.29, 0.717) is 19.8 Å². The van der Waals surface area contributed by atoms with Crippen molar-refractivity contribution in [1.82, 2.24) is 0 Å². The number of allylic oxidation sites excluding steroid dienone is 10. The lowest BCUT2D eigenvalue weighted by molar-refractivity contribution is -0.159. The third kappa shape index (κ3) is 48.4. The van der Waals surface area contributed by atoms with Crippen LogP contribution in [0.2, 0.25) is 0 Å². The van der Waals surface area contributed by atoms with Crippen molar-refractivity contribution in [2.45, 2.75) is 258 Å². The highest BCUT2D eigenvalue weighted by Crippen LogP contribution is 2.17. The summed E-state index contributed by atoms with van der Waals surface area (Å²) in [5.74, 6) is -2.30. The maximum atomic E-state index is 13.1. The van der Waals surface area contributed by atoms with E-state index < -0.39 is 23.8 Å². The number of hydrogen-bond donors (Lipinski definition) is 0. The van der Waals surface area contributed by atoms with E-state index in [1.54, 1.807) is 0 Å². The number of carbonyl (C=O) groups is 3. The van der Waals surface area contributed by atoms with E-state index in [9.17, 15) is 14.4 Å². The topological polar surface area (TPSA) is 78.9 Å². The van der Waals surface area contributed by atoms with Gasteiger partial charge in [0, 0.05) is 0 Å². The van der Waals surface area contributed by atoms with E-state index >= 15 is 0 Å². The zero-order valence-corrected chi connectivity index (χ0v) is 41.6. The van der Waals surface area contributed by atoms with Crippen molar-refractivity contribution < 1.29 is 28.6 Å². The van der Waals surface area contributed by atoms with Gasteiger partial charge in [-0.2, -0.15) is 0 Å². The van der Waals surface area contributed by atoms with E-state index in [0.717, 1.165) is 109 Å². The van der Waals surface area contributed by atoms with Crippen molar-refractivity contribution in [3.05, 3.63) is 60.8 Å². The van der Waals surface area contributed by atoms with Crippen LogP contribution in [-0.2, 0) is 28.6 Å². The van der Waals surface area contributed by atoms with Crippen LogP contribution in [0.15, 0.2) is 60.8 Å². The second kappa shape index (κ2) is 51.7. The average Bonchev–Trinajstić information content (AvgIpc) is 3.28. The molecule has 6 nitrogen and oxygen atoms in total. The second-order valence-corrected chi connectivity index (χ2v) is 17.8. The number of rotatable bonds is 48. The van der Waals surface area contributed by atoms with Crippen LogP contribution < -0.4 is 0 Å². The Morgan fingerprint density at radius 2 is 0.571 bits per heavy atom. The number of unbranched alkanes of at least 4 members (excludes halogenated alkanes) is 27. The number of hydrogen-bond acceptors (Lipinski definition) is 6. The Balaban J connectivity index is 4.46. The van der Waals surface area contributed by atoms with Gasteiger partial charge in [0.1, 0.15) is 0 Å². The Labute approximate surface area is 390 Å². The van der Waals surface area contributed by atoms with Crippen LogP contribution in [0.1, 0.15) is 258 Å². The molecule has 0 spiro atoms. The van der Waals surface area contributed by atoms with Gasteiger partial charge in [-0.1, -0.05) is 197 Å². The van der Waals surface area contributed by atoms with Crippen LogP contribution in [0.4, 0.5) is 0 Å². The van der Waals surface area contributed by atoms with Gasteiger partial charge in [-0.15, -0.1) is 0 Å². The van der Waals surface area contributed by atoms with Crippen molar-refractivity contribution in [1.29, 1.82) is 0 Å². The highest BCUT2D eigenvalue weighted by molar-refractivity contribution is 5.84. The summed E-state index contributed by atoms with van der Waals surface area (Å²) in [5.41, 5.74) is 0. The lowest BCUT2D eigenvalue weighted by atomic mass is 10.0. The molecular weight excluding hydrogens is 781 g/mol. The van der Waals surface area contributed by atoms with Gasteiger partial charge in [0.15, 0.2) is 0 Å². The molecule has 63 heavy (non-hydrogen) atoms. The van der Waals surface area contributed by atoms with Gasteiger partial charge in [0.25, 0.3) is 0 Å². The molecule has 364 valence electrons. The molecule has 1 atom stereocenters. The molecule has 0 fully saturated rings. The first-order chi connectivity index (χ1) is 31.0. The molecule has 0 heterocycles. The highest BCUT2D eigenvalue weighted by atomic mass is 16.5. The molecule has 0 aliphatic carbocycles. The Kier molecular flexibility index (Phi) is 49.4. The van der Waals surface area contributed by atoms with E-state index in [-0.39, 0.29) is 12.8 Å². The predicted molar refractivity (Wildman–Crippen MR) is 270 cm³/mol. The number of carbonyl (C=O) groups excluding carboxylic acids is 3. The van der Waals surface area contributed by atoms with Crippen LogP contribution in [0, 0.1) is 5.92 Å². The molecule has 0 aliphatic heterocycles. The van der Waals surface area contributed by atoms with Crippen molar-refractivity contribution in [3.63, 3.8) is 0 Å². The molecule has 1 unspecified atom stereocenters. The average molecular weight is 881 g/mol. The van der Waals surface area contributed by atoms with Gasteiger partial charge in [0.05, 0.1) is 38.6 Å². The van der Waals surface area contributed by atoms with Crippen LogP contribution in [0.3, 0.4) is 0 Å². The minimum absolute atomic E-state index is 0.162. The van der Waals surface area contributed by atoms with Crippen molar-refractivity contribution in [3.8, 4) is 0 Å². The zero-order valence-electron chi connectivity index (χ0n) is 41.6. The summed E-state index contributed by atoms with van der Waals surface area (Å²) in [5, 5.41) is 0. The SMILES string of the molecule is CCCCCC=CCC=CCCCCCCCOC(=O)CC(CC(=O)OCCCCCCCC=CCCCCCCCC)C(=O)OCCCCCCCC=CCC=CCCCCC. The van der Waals surface area contributed by atoms with E-state index in [2.05, 4.69) is 81.5 Å². The molecular formula is C57H100O6. The molecule has 0 N–H and O–H groups in total. The second-order valence-electron chi connectivity index (χ2n) is 17.8. The van der Waals surface area contributed by atoms with Crippen molar-refractivity contribution in [2.24, 2.45) is 5.92 Å². The molecule has 0 bridgehead atoms. The summed E-state index contributed by atoms with van der Waals surface area (Å²) >= 11 is 0. The van der Waals surface area contributed by atoms with Gasteiger partial charge < -0.3 is 14.2 Å². The van der Waals surface area contributed by atoms with Crippen molar-refractivity contribution >= 4 is 17.9 Å². The normalized spacial score (nSPS) is 12.5. The van der Waals surface area contributed by atoms with E-state index in [1.165, 1.54) is 116 Å². The first-order valence-corrected chi connectivity index (χ1v) is 26.8. The fourth-order valence-electron chi connectivity index (χ4n) is 7.42. The quantitative estimate of drug-likeness (QED) is 0.0262. The summed E-state index contributed by atoms with van der Waals surface area (Å²) in [6.07, 6.45) is 63.0. The van der Waals surface area contributed by atoms with Gasteiger partial charge in [-0.05, 0) is 109 Å². The lowest BCUT2D eigenvalue weighted by Crippen LogP contribution is -2.26. The largest absolute Gasteiger partial charge is 0.466 e. The fraction of sp³-hybridized carbons (Fsp3) is 0.772. The molecule has 0 aromatic heterocycles. The van der Waals surface area contributed by atoms with E-state index in [1.807, 2.05) is 0 Å². The third-order valence-electron chi connectivity index (χ3n) is 11.5. The summed E-state index contributed by atoms with van der Waals surface area (Å²) in [6, 6.07) is 0. The van der Waals surface area contributed by atoms with Crippen LogP contribution in [0.25, 0.3) is 0 Å². The Morgan fingerprint density at radius 3 is 0.921 bits per heavy atom. The van der Waals surface area contributed by atoms with Gasteiger partial charge in [-0.25, -0.2) is 0 Å². The van der Waals surface area contributed by atoms with E-state index in [4.69, 9.17) is 14.2 Å². The summed E-state index contributed by atoms with van der Waals surface area (Å²) in [7, 11) is 0. The first kappa shape index (κ1) is 60.1. The molecule has 0 aromatic carbocycles.